The zero-order valence-electron chi connectivity index (χ0n) is 23.4. The van der Waals surface area contributed by atoms with Crippen molar-refractivity contribution in [3.05, 3.63) is 60.4 Å². The molecule has 1 aromatic heterocycles. The first kappa shape index (κ1) is 32.2. The highest BCUT2D eigenvalue weighted by atomic mass is 19.4. The highest BCUT2D eigenvalue weighted by molar-refractivity contribution is 5.80. The summed E-state index contributed by atoms with van der Waals surface area (Å²) in [6, 6.07) is 11.5. The minimum atomic E-state index is -5.84. The van der Waals surface area contributed by atoms with Crippen LogP contribution < -0.4 is 4.74 Å². The van der Waals surface area contributed by atoms with Gasteiger partial charge in [-0.3, -0.25) is 0 Å². The van der Waals surface area contributed by atoms with Gasteiger partial charge in [0.05, 0.1) is 18.5 Å². The fourth-order valence-corrected chi connectivity index (χ4v) is 4.33. The predicted molar refractivity (Wildman–Crippen MR) is 140 cm³/mol. The molecule has 16 heteroatoms. The molecule has 1 aliphatic rings. The third-order valence-electron chi connectivity index (χ3n) is 6.44. The summed E-state index contributed by atoms with van der Waals surface area (Å²) in [6.45, 7) is 0.240. The number of halogens is 5. The third-order valence-corrected chi connectivity index (χ3v) is 6.44. The first-order valence-electron chi connectivity index (χ1n) is 12.7. The molecule has 0 saturated carbocycles. The van der Waals surface area contributed by atoms with E-state index in [1.165, 1.54) is 43.6 Å². The number of alkyl halides is 5. The number of ether oxygens (including phenoxy) is 6. The minimum Gasteiger partial charge on any atom is -0.426 e. The van der Waals surface area contributed by atoms with Crippen LogP contribution in [0.3, 0.4) is 0 Å². The lowest BCUT2D eigenvalue weighted by molar-refractivity contribution is -0.360. The Hall–Kier alpha value is -3.70. The van der Waals surface area contributed by atoms with Crippen LogP contribution in [-0.4, -0.2) is 99.0 Å². The van der Waals surface area contributed by atoms with Crippen molar-refractivity contribution in [2.24, 2.45) is 5.16 Å². The summed E-state index contributed by atoms with van der Waals surface area (Å²) in [7, 11) is 6.12. The van der Waals surface area contributed by atoms with E-state index in [9.17, 15) is 22.0 Å². The number of benzene rings is 2. The van der Waals surface area contributed by atoms with Crippen molar-refractivity contribution in [3.8, 4) is 22.8 Å². The van der Waals surface area contributed by atoms with E-state index in [1.807, 2.05) is 0 Å². The van der Waals surface area contributed by atoms with E-state index >= 15 is 0 Å². The minimum absolute atomic E-state index is 0.240. The molecule has 0 N–H and O–H groups in total. The van der Waals surface area contributed by atoms with Crippen molar-refractivity contribution >= 4 is 6.21 Å². The second-order valence-corrected chi connectivity index (χ2v) is 9.18. The number of methoxy groups -OCH3 is 4. The van der Waals surface area contributed by atoms with Crippen molar-refractivity contribution < 1.29 is 55.2 Å². The van der Waals surface area contributed by atoms with Gasteiger partial charge in [0, 0.05) is 34.0 Å². The molecule has 0 bridgehead atoms. The van der Waals surface area contributed by atoms with Gasteiger partial charge in [-0.2, -0.15) is 22.0 Å². The monoisotopic (exact) mass is 616 g/mol. The number of rotatable bonds is 12. The fourth-order valence-electron chi connectivity index (χ4n) is 4.33. The van der Waals surface area contributed by atoms with Gasteiger partial charge in [0.2, 0.25) is 0 Å². The zero-order valence-corrected chi connectivity index (χ0v) is 23.4. The summed E-state index contributed by atoms with van der Waals surface area (Å²) in [5, 5.41) is 8.38. The molecule has 3 aromatic rings. The van der Waals surface area contributed by atoms with Crippen molar-refractivity contribution in [1.82, 2.24) is 14.8 Å². The van der Waals surface area contributed by atoms with E-state index in [4.69, 9.17) is 28.5 Å². The van der Waals surface area contributed by atoms with E-state index in [0.29, 0.717) is 22.6 Å². The summed E-state index contributed by atoms with van der Waals surface area (Å²) in [4.78, 5) is 9.84. The molecule has 1 saturated heterocycles. The molecule has 43 heavy (non-hydrogen) atoms. The fraction of sp³-hybridized carbons (Fsp3) is 0.444. The van der Waals surface area contributed by atoms with E-state index < -0.39 is 48.7 Å². The number of hydrogen-bond acceptors (Lipinski definition) is 10. The van der Waals surface area contributed by atoms with Gasteiger partial charge in [-0.05, 0) is 29.8 Å². The van der Waals surface area contributed by atoms with Gasteiger partial charge in [0.15, 0.2) is 11.9 Å². The molecule has 1 aliphatic heterocycles. The lowest BCUT2D eigenvalue weighted by Crippen LogP contribution is -2.60. The van der Waals surface area contributed by atoms with E-state index in [1.54, 1.807) is 38.5 Å². The molecule has 4 rings (SSSR count). The van der Waals surface area contributed by atoms with Crippen molar-refractivity contribution in [2.75, 3.05) is 35.0 Å². The van der Waals surface area contributed by atoms with Crippen LogP contribution in [0.1, 0.15) is 5.56 Å². The second-order valence-electron chi connectivity index (χ2n) is 9.18. The molecule has 0 amide bonds. The summed E-state index contributed by atoms with van der Waals surface area (Å²) in [5.41, 5.74) is 1.69. The SMILES string of the molecule is COC[C@H]1O[C@H](O/N=C/c2ccc(-c3ncn(-c4ccc(OC(F)(F)C(F)(F)F)cc4)n3)cc2)[C@H](OC)[C@@H](OC)[C@@H]1OC. The standard InChI is InChI=1S/C27H29F5N4O7/c1-37-14-20-21(38-2)22(39-3)23(40-4)25(41-20)43-34-13-16-5-7-17(8-6-16)24-33-15-36(35-24)18-9-11-19(12-10-18)42-27(31,32)26(28,29)30/h5-13,15,20-23,25H,14H2,1-4H3/b34-13+/t20-,21-,22+,23-,25-/m1/s1. The lowest BCUT2D eigenvalue weighted by atomic mass is 9.98. The predicted octanol–water partition coefficient (Wildman–Crippen LogP) is 4.24. The van der Waals surface area contributed by atoms with Gasteiger partial charge in [0.1, 0.15) is 30.4 Å². The van der Waals surface area contributed by atoms with Gasteiger partial charge >= 0.3 is 12.3 Å². The zero-order chi connectivity index (χ0) is 31.2. The quantitative estimate of drug-likeness (QED) is 0.168. The first-order chi connectivity index (χ1) is 20.5. The van der Waals surface area contributed by atoms with Crippen LogP contribution in [0.5, 0.6) is 5.75 Å². The van der Waals surface area contributed by atoms with Crippen LogP contribution in [0.4, 0.5) is 22.0 Å². The van der Waals surface area contributed by atoms with Crippen LogP contribution in [0.15, 0.2) is 60.0 Å². The molecule has 0 aliphatic carbocycles. The maximum atomic E-state index is 13.1. The highest BCUT2D eigenvalue weighted by Crippen LogP contribution is 2.37. The summed E-state index contributed by atoms with van der Waals surface area (Å²) in [6.07, 6.45) is -11.3. The summed E-state index contributed by atoms with van der Waals surface area (Å²) in [5.74, 6) is -0.322. The summed E-state index contributed by atoms with van der Waals surface area (Å²) >= 11 is 0. The average molecular weight is 617 g/mol. The maximum Gasteiger partial charge on any atom is 0.499 e. The Morgan fingerprint density at radius 1 is 0.884 bits per heavy atom. The van der Waals surface area contributed by atoms with Gasteiger partial charge in [-0.15, -0.1) is 5.10 Å². The van der Waals surface area contributed by atoms with Crippen molar-refractivity contribution in [1.29, 1.82) is 0 Å². The second kappa shape index (κ2) is 13.7. The molecule has 0 unspecified atom stereocenters. The third kappa shape index (κ3) is 7.45. The Labute approximate surface area is 243 Å². The molecule has 234 valence electrons. The first-order valence-corrected chi connectivity index (χ1v) is 12.7. The lowest BCUT2D eigenvalue weighted by Gasteiger charge is -2.43. The molecule has 5 atom stereocenters. The average Bonchev–Trinajstić information content (AvgIpc) is 3.47. The van der Waals surface area contributed by atoms with Crippen LogP contribution in [0.25, 0.3) is 17.1 Å². The van der Waals surface area contributed by atoms with Crippen LogP contribution in [0, 0.1) is 0 Å². The van der Waals surface area contributed by atoms with Crippen LogP contribution in [0.2, 0.25) is 0 Å². The Balaban J connectivity index is 1.39. The Bertz CT molecular complexity index is 1340. The number of hydrogen-bond donors (Lipinski definition) is 0. The molecule has 1 fully saturated rings. The van der Waals surface area contributed by atoms with Gasteiger partial charge < -0.3 is 33.3 Å². The van der Waals surface area contributed by atoms with Gasteiger partial charge in [0.25, 0.3) is 6.29 Å². The van der Waals surface area contributed by atoms with Gasteiger partial charge in [-0.25, -0.2) is 9.67 Å². The molecule has 11 nitrogen and oxygen atoms in total. The van der Waals surface area contributed by atoms with E-state index in [-0.39, 0.29) is 6.61 Å². The number of nitrogens with zero attached hydrogens (tertiary/aromatic N) is 4. The normalized spacial score (nSPS) is 23.0. The molecular weight excluding hydrogens is 587 g/mol. The van der Waals surface area contributed by atoms with E-state index in [2.05, 4.69) is 20.0 Å². The molecule has 2 aromatic carbocycles. The summed E-state index contributed by atoms with van der Waals surface area (Å²) < 4.78 is 96.4. The Morgan fingerprint density at radius 2 is 1.53 bits per heavy atom. The Morgan fingerprint density at radius 3 is 2.12 bits per heavy atom. The molecule has 0 spiro atoms. The smallest absolute Gasteiger partial charge is 0.426 e. The highest BCUT2D eigenvalue weighted by Gasteiger charge is 2.61. The van der Waals surface area contributed by atoms with Crippen molar-refractivity contribution in [2.45, 2.75) is 43.0 Å². The molecule has 2 heterocycles. The van der Waals surface area contributed by atoms with Crippen LogP contribution >= 0.6 is 0 Å². The molecular formula is C27H29F5N4O7. The van der Waals surface area contributed by atoms with E-state index in [0.717, 1.165) is 12.1 Å². The largest absolute Gasteiger partial charge is 0.499 e. The van der Waals surface area contributed by atoms with Gasteiger partial charge in [-0.1, -0.05) is 29.4 Å². The number of aromatic nitrogens is 3. The molecule has 0 radical (unpaired) electrons. The topological polar surface area (TPSA) is 108 Å². The van der Waals surface area contributed by atoms with Crippen molar-refractivity contribution in [3.63, 3.8) is 0 Å². The number of oxime groups is 1. The Kier molecular flexibility index (Phi) is 10.3. The maximum absolute atomic E-state index is 13.1. The van der Waals surface area contributed by atoms with Crippen LogP contribution in [-0.2, 0) is 28.5 Å².